The summed E-state index contributed by atoms with van der Waals surface area (Å²) in [7, 11) is -3.37. The van der Waals surface area contributed by atoms with Gasteiger partial charge in [-0.25, -0.2) is 13.2 Å². The quantitative estimate of drug-likeness (QED) is 0.755. The summed E-state index contributed by atoms with van der Waals surface area (Å²) >= 11 is 0. The van der Waals surface area contributed by atoms with Crippen molar-refractivity contribution in [1.29, 1.82) is 0 Å². The van der Waals surface area contributed by atoms with Crippen LogP contribution in [0.3, 0.4) is 0 Å². The first-order chi connectivity index (χ1) is 10.4. The summed E-state index contributed by atoms with van der Waals surface area (Å²) in [5, 5.41) is 11.6. The molecule has 1 heterocycles. The van der Waals surface area contributed by atoms with Crippen LogP contribution < -0.4 is 5.32 Å². The average Bonchev–Trinajstić information content (AvgIpc) is 2.78. The first-order valence-electron chi connectivity index (χ1n) is 6.92. The Kier molecular flexibility index (Phi) is 5.15. The van der Waals surface area contributed by atoms with E-state index in [4.69, 9.17) is 0 Å². The van der Waals surface area contributed by atoms with Gasteiger partial charge in [0, 0.05) is 13.0 Å². The zero-order chi connectivity index (χ0) is 16.2. The van der Waals surface area contributed by atoms with Gasteiger partial charge in [-0.1, -0.05) is 30.3 Å². The molecule has 2 N–H and O–H groups in total. The van der Waals surface area contributed by atoms with E-state index in [1.54, 1.807) is 24.3 Å². The molecule has 1 aromatic rings. The Hall–Kier alpha value is -1.93. The van der Waals surface area contributed by atoms with Crippen molar-refractivity contribution in [2.75, 3.05) is 18.8 Å². The van der Waals surface area contributed by atoms with Gasteiger partial charge in [0.2, 0.25) is 15.9 Å². The summed E-state index contributed by atoms with van der Waals surface area (Å²) in [6.07, 6.45) is 0.636. The molecule has 1 aliphatic heterocycles. The molecule has 1 saturated heterocycles. The molecule has 1 aromatic carbocycles. The third-order valence-corrected chi connectivity index (χ3v) is 5.34. The lowest BCUT2D eigenvalue weighted by atomic mass is 10.1. The Morgan fingerprint density at radius 1 is 1.27 bits per heavy atom. The Labute approximate surface area is 129 Å². The number of carbonyl (C=O) groups excluding carboxylic acids is 1. The molecule has 1 amide bonds. The number of nitrogens with one attached hydrogen (secondary N) is 1. The highest BCUT2D eigenvalue weighted by Gasteiger charge is 2.31. The van der Waals surface area contributed by atoms with Crippen molar-refractivity contribution in [2.24, 2.45) is 0 Å². The SMILES string of the molecule is O=C(CN1CCCS1(=O)=O)N[C@H](Cc1ccccc1)C(=O)O. The van der Waals surface area contributed by atoms with E-state index in [9.17, 15) is 23.1 Å². The van der Waals surface area contributed by atoms with E-state index in [2.05, 4.69) is 5.32 Å². The van der Waals surface area contributed by atoms with Gasteiger partial charge >= 0.3 is 5.97 Å². The van der Waals surface area contributed by atoms with E-state index in [0.717, 1.165) is 9.87 Å². The molecule has 120 valence electrons. The van der Waals surface area contributed by atoms with Crippen molar-refractivity contribution in [3.8, 4) is 0 Å². The minimum absolute atomic E-state index is 0.0344. The smallest absolute Gasteiger partial charge is 0.326 e. The largest absolute Gasteiger partial charge is 0.480 e. The second-order valence-electron chi connectivity index (χ2n) is 5.15. The van der Waals surface area contributed by atoms with Crippen LogP contribution in [0.1, 0.15) is 12.0 Å². The Balaban J connectivity index is 1.96. The summed E-state index contributed by atoms with van der Waals surface area (Å²) < 4.78 is 24.4. The number of nitrogens with zero attached hydrogens (tertiary/aromatic N) is 1. The highest BCUT2D eigenvalue weighted by Crippen LogP contribution is 2.12. The highest BCUT2D eigenvalue weighted by molar-refractivity contribution is 7.89. The Bertz CT molecular complexity index is 644. The second kappa shape index (κ2) is 6.89. The molecule has 2 rings (SSSR count). The molecular formula is C14H18N2O5S. The molecule has 0 radical (unpaired) electrons. The van der Waals surface area contributed by atoms with E-state index in [0.29, 0.717) is 13.0 Å². The first kappa shape index (κ1) is 16.4. The van der Waals surface area contributed by atoms with Gasteiger partial charge in [-0.3, -0.25) is 4.79 Å². The fourth-order valence-corrected chi connectivity index (χ4v) is 3.79. The number of carboxylic acids is 1. The van der Waals surface area contributed by atoms with Crippen LogP contribution in [0, 0.1) is 0 Å². The number of carboxylic acid groups (broad SMARTS) is 1. The van der Waals surface area contributed by atoms with Crippen molar-refractivity contribution in [3.05, 3.63) is 35.9 Å². The average molecular weight is 326 g/mol. The number of aliphatic carboxylic acids is 1. The molecule has 7 nitrogen and oxygen atoms in total. The van der Waals surface area contributed by atoms with Crippen LogP contribution in [0.5, 0.6) is 0 Å². The zero-order valence-corrected chi connectivity index (χ0v) is 12.8. The maximum Gasteiger partial charge on any atom is 0.326 e. The molecule has 1 fully saturated rings. The van der Waals surface area contributed by atoms with Gasteiger partial charge < -0.3 is 10.4 Å². The minimum atomic E-state index is -3.37. The third-order valence-electron chi connectivity index (χ3n) is 3.44. The molecule has 0 saturated carbocycles. The lowest BCUT2D eigenvalue weighted by Gasteiger charge is -2.18. The molecule has 1 atom stereocenters. The maximum absolute atomic E-state index is 11.9. The number of rotatable bonds is 6. The fourth-order valence-electron chi connectivity index (χ4n) is 2.32. The predicted octanol–water partition coefficient (Wildman–Crippen LogP) is -0.166. The van der Waals surface area contributed by atoms with Crippen LogP contribution >= 0.6 is 0 Å². The van der Waals surface area contributed by atoms with Crippen LogP contribution in [-0.4, -0.2) is 54.6 Å². The number of hydrogen-bond donors (Lipinski definition) is 2. The summed E-state index contributed by atoms with van der Waals surface area (Å²) in [4.78, 5) is 23.2. The molecule has 0 spiro atoms. The standard InChI is InChI=1S/C14H18N2O5S/c17-13(10-16-7-4-8-22(16,20)21)15-12(14(18)19)9-11-5-2-1-3-6-11/h1-3,5-6,12H,4,7-10H2,(H,15,17)(H,18,19)/t12-/m1/s1. The van der Waals surface area contributed by atoms with Crippen LogP contribution in [0.4, 0.5) is 0 Å². The molecule has 0 aromatic heterocycles. The number of sulfonamides is 1. The number of amides is 1. The van der Waals surface area contributed by atoms with Gasteiger partial charge in [-0.2, -0.15) is 4.31 Å². The number of hydrogen-bond acceptors (Lipinski definition) is 4. The highest BCUT2D eigenvalue weighted by atomic mass is 32.2. The molecular weight excluding hydrogens is 308 g/mol. The van der Waals surface area contributed by atoms with Gasteiger partial charge in [-0.05, 0) is 12.0 Å². The van der Waals surface area contributed by atoms with E-state index >= 15 is 0 Å². The Morgan fingerprint density at radius 3 is 2.50 bits per heavy atom. The summed E-state index contributed by atoms with van der Waals surface area (Å²) in [6, 6.07) is 7.84. The van der Waals surface area contributed by atoms with Crippen LogP contribution in [-0.2, 0) is 26.0 Å². The monoisotopic (exact) mass is 326 g/mol. The lowest BCUT2D eigenvalue weighted by Crippen LogP contribution is -2.46. The third kappa shape index (κ3) is 4.28. The molecule has 0 bridgehead atoms. The van der Waals surface area contributed by atoms with E-state index in [1.165, 1.54) is 0 Å². The molecule has 8 heteroatoms. The summed E-state index contributed by atoms with van der Waals surface area (Å²) in [6.45, 7) is -0.0346. The molecule has 22 heavy (non-hydrogen) atoms. The van der Waals surface area contributed by atoms with Crippen molar-refractivity contribution in [3.63, 3.8) is 0 Å². The van der Waals surface area contributed by atoms with Crippen molar-refractivity contribution in [1.82, 2.24) is 9.62 Å². The summed E-state index contributed by atoms with van der Waals surface area (Å²) in [5.41, 5.74) is 0.781. The number of carbonyl (C=O) groups is 2. The van der Waals surface area contributed by atoms with Crippen molar-refractivity contribution < 1.29 is 23.1 Å². The van der Waals surface area contributed by atoms with Gasteiger partial charge in [-0.15, -0.1) is 0 Å². The zero-order valence-electron chi connectivity index (χ0n) is 11.9. The predicted molar refractivity (Wildman–Crippen MR) is 79.7 cm³/mol. The van der Waals surface area contributed by atoms with Crippen LogP contribution in [0.2, 0.25) is 0 Å². The van der Waals surface area contributed by atoms with Gasteiger partial charge in [0.25, 0.3) is 0 Å². The fraction of sp³-hybridized carbons (Fsp3) is 0.429. The van der Waals surface area contributed by atoms with E-state index < -0.39 is 27.9 Å². The van der Waals surface area contributed by atoms with Crippen LogP contribution in [0.25, 0.3) is 0 Å². The summed E-state index contributed by atoms with van der Waals surface area (Å²) in [5.74, 6) is -1.72. The topological polar surface area (TPSA) is 104 Å². The second-order valence-corrected chi connectivity index (χ2v) is 7.24. The lowest BCUT2D eigenvalue weighted by molar-refractivity contribution is -0.141. The van der Waals surface area contributed by atoms with E-state index in [1.807, 2.05) is 6.07 Å². The van der Waals surface area contributed by atoms with Gasteiger partial charge in [0.15, 0.2) is 0 Å². The first-order valence-corrected chi connectivity index (χ1v) is 8.53. The maximum atomic E-state index is 11.9. The van der Waals surface area contributed by atoms with Crippen molar-refractivity contribution >= 4 is 21.9 Å². The normalized spacial score (nSPS) is 18.7. The van der Waals surface area contributed by atoms with E-state index in [-0.39, 0.29) is 18.7 Å². The Morgan fingerprint density at radius 2 is 1.95 bits per heavy atom. The van der Waals surface area contributed by atoms with Gasteiger partial charge in [0.1, 0.15) is 6.04 Å². The van der Waals surface area contributed by atoms with Gasteiger partial charge in [0.05, 0.1) is 12.3 Å². The van der Waals surface area contributed by atoms with Crippen LogP contribution in [0.15, 0.2) is 30.3 Å². The minimum Gasteiger partial charge on any atom is -0.480 e. The molecule has 1 aliphatic rings. The van der Waals surface area contributed by atoms with Crippen molar-refractivity contribution in [2.45, 2.75) is 18.9 Å². The molecule has 0 unspecified atom stereocenters. The molecule has 0 aliphatic carbocycles. The number of benzene rings is 1.